The lowest BCUT2D eigenvalue weighted by molar-refractivity contribution is -0.0380. The molecule has 1 aliphatic rings. The van der Waals surface area contributed by atoms with Crippen LogP contribution < -0.4 is 5.32 Å². The quantitative estimate of drug-likeness (QED) is 0.855. The van der Waals surface area contributed by atoms with Gasteiger partial charge in [-0.15, -0.1) is 0 Å². The Bertz CT molecular complexity index is 691. The maximum Gasteiger partial charge on any atom is 0.342 e. The van der Waals surface area contributed by atoms with Crippen molar-refractivity contribution in [2.75, 3.05) is 13.1 Å². The molecule has 3 rings (SSSR count). The second-order valence-electron chi connectivity index (χ2n) is 6.02. The van der Waals surface area contributed by atoms with Crippen LogP contribution in [0.25, 0.3) is 0 Å². The molecule has 0 spiro atoms. The van der Waals surface area contributed by atoms with Crippen LogP contribution in [0.5, 0.6) is 5.75 Å². The van der Waals surface area contributed by atoms with E-state index in [0.717, 1.165) is 37.1 Å². The van der Waals surface area contributed by atoms with Gasteiger partial charge >= 0.3 is 5.97 Å². The average Bonchev–Trinajstić information content (AvgIpc) is 2.58. The molecule has 4 heteroatoms. The summed E-state index contributed by atoms with van der Waals surface area (Å²) in [4.78, 5) is 12.7. The molecule has 4 nitrogen and oxygen atoms in total. The summed E-state index contributed by atoms with van der Waals surface area (Å²) in [6, 6.07) is 14.8. The molecule has 0 radical (unpaired) electrons. The van der Waals surface area contributed by atoms with E-state index in [1.807, 2.05) is 37.3 Å². The number of phenols is 1. The summed E-state index contributed by atoms with van der Waals surface area (Å²) in [5.74, 6) is -0.519. The largest absolute Gasteiger partial charge is 0.507 e. The van der Waals surface area contributed by atoms with Crippen LogP contribution in [0.1, 0.15) is 34.3 Å². The van der Waals surface area contributed by atoms with Gasteiger partial charge in [-0.25, -0.2) is 4.79 Å². The van der Waals surface area contributed by atoms with Gasteiger partial charge in [0.05, 0.1) is 0 Å². The van der Waals surface area contributed by atoms with Crippen LogP contribution in [0.2, 0.25) is 0 Å². The monoisotopic (exact) mass is 311 g/mol. The van der Waals surface area contributed by atoms with Crippen molar-refractivity contribution in [2.45, 2.75) is 25.4 Å². The molecule has 1 saturated heterocycles. The summed E-state index contributed by atoms with van der Waals surface area (Å²) in [6.07, 6.45) is 1.44. The van der Waals surface area contributed by atoms with Crippen molar-refractivity contribution in [1.82, 2.24) is 5.32 Å². The fourth-order valence-corrected chi connectivity index (χ4v) is 3.07. The van der Waals surface area contributed by atoms with E-state index in [0.29, 0.717) is 0 Å². The maximum atomic E-state index is 12.7. The zero-order chi connectivity index (χ0) is 16.3. The molecule has 2 aromatic rings. The normalized spacial score (nSPS) is 16.7. The number of phenolic OH excluding ortho intramolecular Hbond substituents is 1. The van der Waals surface area contributed by atoms with Crippen LogP contribution in [0.4, 0.5) is 0 Å². The summed E-state index contributed by atoms with van der Waals surface area (Å²) < 4.78 is 5.95. The summed E-state index contributed by atoms with van der Waals surface area (Å²) in [5.41, 5.74) is 1.49. The molecule has 120 valence electrons. The Kier molecular flexibility index (Phi) is 4.35. The summed E-state index contributed by atoms with van der Waals surface area (Å²) >= 11 is 0. The van der Waals surface area contributed by atoms with E-state index in [4.69, 9.17) is 4.74 Å². The number of aryl methyl sites for hydroxylation is 1. The van der Waals surface area contributed by atoms with Crippen LogP contribution in [-0.4, -0.2) is 24.2 Å². The molecule has 0 bridgehead atoms. The van der Waals surface area contributed by atoms with Gasteiger partial charge in [-0.3, -0.25) is 0 Å². The van der Waals surface area contributed by atoms with E-state index in [1.165, 1.54) is 6.07 Å². The van der Waals surface area contributed by atoms with Crippen LogP contribution in [0, 0.1) is 6.92 Å². The zero-order valence-electron chi connectivity index (χ0n) is 13.2. The molecule has 1 heterocycles. The Balaban J connectivity index is 1.93. The Labute approximate surface area is 136 Å². The molecule has 0 aromatic heterocycles. The van der Waals surface area contributed by atoms with Crippen molar-refractivity contribution in [3.05, 3.63) is 65.2 Å². The minimum absolute atomic E-state index is 0.0438. The fourth-order valence-electron chi connectivity index (χ4n) is 3.07. The Morgan fingerprint density at radius 2 is 1.83 bits per heavy atom. The van der Waals surface area contributed by atoms with Crippen LogP contribution in [0.15, 0.2) is 48.5 Å². The molecule has 2 aromatic carbocycles. The first-order valence-electron chi connectivity index (χ1n) is 7.90. The summed E-state index contributed by atoms with van der Waals surface area (Å²) in [7, 11) is 0. The Hall–Kier alpha value is -2.33. The number of hydrogen-bond acceptors (Lipinski definition) is 4. The molecule has 2 N–H and O–H groups in total. The van der Waals surface area contributed by atoms with Crippen molar-refractivity contribution < 1.29 is 14.6 Å². The SMILES string of the molecule is Cc1ccc(O)c(C(=O)OC2(c3ccccc3)CCNCC2)c1. The minimum Gasteiger partial charge on any atom is -0.507 e. The third kappa shape index (κ3) is 3.22. The number of ether oxygens (including phenoxy) is 1. The lowest BCUT2D eigenvalue weighted by Gasteiger charge is -2.37. The van der Waals surface area contributed by atoms with Gasteiger partial charge in [0.25, 0.3) is 0 Å². The van der Waals surface area contributed by atoms with Crippen molar-refractivity contribution >= 4 is 5.97 Å². The Morgan fingerprint density at radius 3 is 2.52 bits per heavy atom. The highest BCUT2D eigenvalue weighted by atomic mass is 16.6. The van der Waals surface area contributed by atoms with E-state index in [1.54, 1.807) is 12.1 Å². The summed E-state index contributed by atoms with van der Waals surface area (Å²) in [6.45, 7) is 3.47. The maximum absolute atomic E-state index is 12.7. The van der Waals surface area contributed by atoms with Gasteiger partial charge in [0, 0.05) is 12.8 Å². The van der Waals surface area contributed by atoms with E-state index in [-0.39, 0.29) is 11.3 Å². The van der Waals surface area contributed by atoms with Crippen LogP contribution in [0.3, 0.4) is 0 Å². The molecule has 1 aliphatic heterocycles. The zero-order valence-corrected chi connectivity index (χ0v) is 13.2. The van der Waals surface area contributed by atoms with Gasteiger partial charge in [0.1, 0.15) is 16.9 Å². The number of rotatable bonds is 3. The molecule has 23 heavy (non-hydrogen) atoms. The number of carbonyl (C=O) groups excluding carboxylic acids is 1. The van der Waals surface area contributed by atoms with Crippen molar-refractivity contribution in [3.63, 3.8) is 0 Å². The fraction of sp³-hybridized carbons (Fsp3) is 0.316. The third-order valence-corrected chi connectivity index (χ3v) is 4.37. The molecule has 0 unspecified atom stereocenters. The highest BCUT2D eigenvalue weighted by molar-refractivity contribution is 5.93. The highest BCUT2D eigenvalue weighted by Gasteiger charge is 2.38. The second-order valence-corrected chi connectivity index (χ2v) is 6.02. The predicted molar refractivity (Wildman–Crippen MR) is 88.5 cm³/mol. The summed E-state index contributed by atoms with van der Waals surface area (Å²) in [5, 5.41) is 13.3. The predicted octanol–water partition coefficient (Wildman–Crippen LogP) is 3.14. The lowest BCUT2D eigenvalue weighted by atomic mass is 9.84. The van der Waals surface area contributed by atoms with Gasteiger partial charge < -0.3 is 15.2 Å². The van der Waals surface area contributed by atoms with E-state index in [2.05, 4.69) is 5.32 Å². The number of benzene rings is 2. The van der Waals surface area contributed by atoms with Crippen molar-refractivity contribution in [1.29, 1.82) is 0 Å². The van der Waals surface area contributed by atoms with Gasteiger partial charge in [0.2, 0.25) is 0 Å². The number of carbonyl (C=O) groups is 1. The van der Waals surface area contributed by atoms with Crippen molar-refractivity contribution in [3.8, 4) is 5.75 Å². The number of nitrogens with one attached hydrogen (secondary N) is 1. The molecular formula is C19H21NO3. The van der Waals surface area contributed by atoms with E-state index in [9.17, 15) is 9.90 Å². The topological polar surface area (TPSA) is 58.6 Å². The first-order chi connectivity index (χ1) is 11.1. The molecule has 0 saturated carbocycles. The molecule has 0 amide bonds. The number of piperidine rings is 1. The number of hydrogen-bond donors (Lipinski definition) is 2. The van der Waals surface area contributed by atoms with Crippen molar-refractivity contribution in [2.24, 2.45) is 0 Å². The van der Waals surface area contributed by atoms with E-state index >= 15 is 0 Å². The first kappa shape index (κ1) is 15.6. The molecular weight excluding hydrogens is 290 g/mol. The number of aromatic hydroxyl groups is 1. The average molecular weight is 311 g/mol. The van der Waals surface area contributed by atoms with Gasteiger partial charge in [0.15, 0.2) is 0 Å². The van der Waals surface area contributed by atoms with Crippen LogP contribution >= 0.6 is 0 Å². The third-order valence-electron chi connectivity index (χ3n) is 4.37. The van der Waals surface area contributed by atoms with Gasteiger partial charge in [-0.2, -0.15) is 0 Å². The highest BCUT2D eigenvalue weighted by Crippen LogP contribution is 2.36. The lowest BCUT2D eigenvalue weighted by Crippen LogP contribution is -2.43. The smallest absolute Gasteiger partial charge is 0.342 e. The molecule has 1 fully saturated rings. The minimum atomic E-state index is -0.639. The van der Waals surface area contributed by atoms with E-state index < -0.39 is 11.6 Å². The first-order valence-corrected chi connectivity index (χ1v) is 7.90. The van der Waals surface area contributed by atoms with Gasteiger partial charge in [-0.05, 0) is 37.7 Å². The standard InChI is InChI=1S/C19H21NO3/c1-14-7-8-17(21)16(13-14)18(22)23-19(9-11-20-12-10-19)15-5-3-2-4-6-15/h2-8,13,20-21H,9-12H2,1H3. The Morgan fingerprint density at radius 1 is 1.13 bits per heavy atom. The molecule has 0 aliphatic carbocycles. The number of esters is 1. The van der Waals surface area contributed by atoms with Crippen LogP contribution in [-0.2, 0) is 10.3 Å². The van der Waals surface area contributed by atoms with Gasteiger partial charge in [-0.1, -0.05) is 42.0 Å². The second kappa shape index (κ2) is 6.42. The molecule has 0 atom stereocenters.